The predicted octanol–water partition coefficient (Wildman–Crippen LogP) is 2.35. The van der Waals surface area contributed by atoms with Gasteiger partial charge in [0.2, 0.25) is 21.9 Å². The first-order chi connectivity index (χ1) is 14.3. The van der Waals surface area contributed by atoms with E-state index in [9.17, 15) is 9.90 Å². The summed E-state index contributed by atoms with van der Waals surface area (Å²) in [7, 11) is -0.145. The van der Waals surface area contributed by atoms with Crippen LogP contribution in [0.25, 0.3) is 21.7 Å². The lowest BCUT2D eigenvalue weighted by Gasteiger charge is -2.10. The molecule has 7 nitrogen and oxygen atoms in total. The fraction of sp³-hybridized carbons (Fsp3) is 0.0476. The number of aliphatic carboxylic acids is 1. The van der Waals surface area contributed by atoms with Gasteiger partial charge in [0, 0.05) is 6.21 Å². The third kappa shape index (κ3) is 4.22. The number of rotatable bonds is 1. The molecule has 4 heterocycles. The van der Waals surface area contributed by atoms with Crippen molar-refractivity contribution < 1.29 is 19.4 Å². The zero-order valence-electron chi connectivity index (χ0n) is 15.1. The van der Waals surface area contributed by atoms with Crippen LogP contribution in [0.3, 0.4) is 0 Å². The minimum absolute atomic E-state index is 0.145. The Balaban J connectivity index is 1.79. The molecule has 0 amide bonds. The smallest absolute Gasteiger partial charge is 0.349 e. The number of carbonyl (C=O) groups is 1. The Morgan fingerprint density at radius 3 is 2.86 bits per heavy atom. The Morgan fingerprint density at radius 2 is 1.97 bits per heavy atom. The molecule has 2 atom stereocenters. The number of fused-ring (bicyclic) bond motifs is 3. The topological polar surface area (TPSA) is 93.9 Å². The lowest BCUT2D eigenvalue weighted by atomic mass is 10.2. The number of aliphatic imine (C=N–C) groups is 1. The van der Waals surface area contributed by atoms with Gasteiger partial charge in [0.1, 0.15) is 18.0 Å². The summed E-state index contributed by atoms with van der Waals surface area (Å²) in [5.74, 6) is -0.845. The molecule has 0 spiro atoms. The number of hydrogen-bond acceptors (Lipinski definition) is 6. The molecule has 144 valence electrons. The molecule has 29 heavy (non-hydrogen) atoms. The number of carboxylic acid groups (broad SMARTS) is 1. The second-order valence-corrected chi connectivity index (χ2v) is 7.58. The van der Waals surface area contributed by atoms with E-state index in [2.05, 4.69) is 20.4 Å². The highest BCUT2D eigenvalue weighted by Crippen LogP contribution is 2.34. The molecule has 2 aromatic heterocycles. The van der Waals surface area contributed by atoms with E-state index in [-0.39, 0.29) is 16.3 Å². The van der Waals surface area contributed by atoms with Crippen LogP contribution < -0.4 is 14.5 Å². The van der Waals surface area contributed by atoms with E-state index in [0.29, 0.717) is 0 Å². The lowest BCUT2D eigenvalue weighted by Crippen LogP contribution is -2.26. The third-order valence-electron chi connectivity index (χ3n) is 3.96. The van der Waals surface area contributed by atoms with Crippen molar-refractivity contribution in [3.8, 4) is 5.88 Å². The monoisotopic (exact) mass is 406 g/mol. The van der Waals surface area contributed by atoms with Crippen LogP contribution in [0.15, 0.2) is 72.6 Å². The minimum Gasteiger partial charge on any atom is -0.478 e. The van der Waals surface area contributed by atoms with Crippen LogP contribution >= 0.6 is 10.5 Å². The highest BCUT2D eigenvalue weighted by Gasteiger charge is 2.33. The van der Waals surface area contributed by atoms with Crippen molar-refractivity contribution in [2.45, 2.75) is 6.10 Å². The van der Waals surface area contributed by atoms with E-state index in [0.717, 1.165) is 15.4 Å². The Hall–Kier alpha value is -3.78. The van der Waals surface area contributed by atoms with E-state index in [4.69, 9.17) is 9.47 Å². The summed E-state index contributed by atoms with van der Waals surface area (Å²) >= 11 is 0. The van der Waals surface area contributed by atoms with Gasteiger partial charge >= 0.3 is 5.97 Å². The number of nitrogens with zero attached hydrogens (tertiary/aromatic N) is 3. The molecular formula is C21H16N3O4S+. The maximum absolute atomic E-state index is 11.6. The van der Waals surface area contributed by atoms with Gasteiger partial charge in [0.25, 0.3) is 4.83 Å². The summed E-state index contributed by atoms with van der Waals surface area (Å²) in [6.45, 7) is 0. The maximum Gasteiger partial charge on any atom is 0.349 e. The number of ether oxygens (including phenoxy) is 2. The number of carboxylic acids is 1. The van der Waals surface area contributed by atoms with Crippen molar-refractivity contribution in [2.24, 2.45) is 4.99 Å². The zero-order valence-corrected chi connectivity index (χ0v) is 15.9. The number of allylic oxidation sites excluding steroid dienone is 6. The van der Waals surface area contributed by atoms with Gasteiger partial charge < -0.3 is 14.6 Å². The molecule has 8 heteroatoms. The SMILES string of the molecule is O=C(O)C1C=CC=CC=COC=CN=CC=CC=c2c3[s+](c4ncnc(c24)O1)C=3. The molecule has 0 aromatic carbocycles. The van der Waals surface area contributed by atoms with Crippen LogP contribution in [0.5, 0.6) is 5.88 Å². The first-order valence-corrected chi connectivity index (χ1v) is 9.95. The molecule has 0 bridgehead atoms. The summed E-state index contributed by atoms with van der Waals surface area (Å²) in [5, 5.41) is 13.4. The van der Waals surface area contributed by atoms with E-state index in [1.165, 1.54) is 35.7 Å². The predicted molar refractivity (Wildman–Crippen MR) is 113 cm³/mol. The molecular weight excluding hydrogens is 390 g/mol. The molecule has 0 saturated heterocycles. The lowest BCUT2D eigenvalue weighted by molar-refractivity contribution is -0.142. The van der Waals surface area contributed by atoms with Crippen molar-refractivity contribution >= 4 is 44.4 Å². The van der Waals surface area contributed by atoms with Gasteiger partial charge in [0.15, 0.2) is 0 Å². The molecule has 0 aliphatic carbocycles. The van der Waals surface area contributed by atoms with Crippen LogP contribution in [0.2, 0.25) is 0 Å². The molecule has 2 aliphatic rings. The summed E-state index contributed by atoms with van der Waals surface area (Å²) in [6.07, 6.45) is 20.0. The van der Waals surface area contributed by atoms with Crippen LogP contribution in [0.4, 0.5) is 0 Å². The van der Waals surface area contributed by atoms with Gasteiger partial charge in [0.05, 0.1) is 28.2 Å². The molecule has 2 aromatic rings. The van der Waals surface area contributed by atoms with Crippen molar-refractivity contribution in [1.29, 1.82) is 0 Å². The first-order valence-electron chi connectivity index (χ1n) is 8.66. The van der Waals surface area contributed by atoms with Crippen molar-refractivity contribution in [3.05, 3.63) is 77.3 Å². The molecule has 0 radical (unpaired) electrons. The molecule has 1 N–H and O–H groups in total. The summed E-state index contributed by atoms with van der Waals surface area (Å²) in [6, 6.07) is 0. The van der Waals surface area contributed by atoms with Crippen molar-refractivity contribution in [2.75, 3.05) is 0 Å². The normalized spacial score (nSPS) is 18.5. The van der Waals surface area contributed by atoms with Gasteiger partial charge in [-0.2, -0.15) is 4.98 Å². The van der Waals surface area contributed by atoms with E-state index in [1.807, 2.05) is 12.2 Å². The summed E-state index contributed by atoms with van der Waals surface area (Å²) in [4.78, 5) is 25.2. The second-order valence-electron chi connectivity index (χ2n) is 5.84. The molecule has 4 rings (SSSR count). The number of hydrogen-bond donors (Lipinski definition) is 1. The van der Waals surface area contributed by atoms with E-state index >= 15 is 0 Å². The minimum atomic E-state index is -1.18. The quantitative estimate of drug-likeness (QED) is 0.624. The molecule has 2 unspecified atom stereocenters. The van der Waals surface area contributed by atoms with Crippen LogP contribution in [0.1, 0.15) is 0 Å². The zero-order chi connectivity index (χ0) is 20.1. The highest BCUT2D eigenvalue weighted by molar-refractivity contribution is 7.51. The Bertz CT molecular complexity index is 1250. The Kier molecular flexibility index (Phi) is 5.44. The third-order valence-corrected chi connectivity index (χ3v) is 5.71. The number of thiophene rings is 1. The van der Waals surface area contributed by atoms with Crippen molar-refractivity contribution in [1.82, 2.24) is 9.97 Å². The highest BCUT2D eigenvalue weighted by atomic mass is 32.2. The standard InChI is InChI=1S/C21H15N3O4S/c25-21(26)16-8-3-1-2-6-11-27-12-10-22-9-5-4-7-15-17-13-29(17)20-18(15)19(28-16)23-14-24-20/h1-14,16H/p+1. The Labute approximate surface area is 168 Å². The first kappa shape index (κ1) is 18.6. The van der Waals surface area contributed by atoms with E-state index < -0.39 is 12.1 Å². The molecule has 0 fully saturated rings. The van der Waals surface area contributed by atoms with Gasteiger partial charge in [-0.15, -0.1) is 0 Å². The fourth-order valence-electron chi connectivity index (χ4n) is 2.65. The van der Waals surface area contributed by atoms with Crippen LogP contribution in [-0.2, 0) is 9.53 Å². The largest absolute Gasteiger partial charge is 0.478 e. The van der Waals surface area contributed by atoms with Gasteiger partial charge in [-0.1, -0.05) is 24.3 Å². The van der Waals surface area contributed by atoms with Crippen LogP contribution in [-0.4, -0.2) is 33.4 Å². The van der Waals surface area contributed by atoms with E-state index in [1.54, 1.807) is 36.6 Å². The van der Waals surface area contributed by atoms with Crippen molar-refractivity contribution in [3.63, 3.8) is 0 Å². The van der Waals surface area contributed by atoms with Crippen LogP contribution in [0, 0.1) is 0 Å². The van der Waals surface area contributed by atoms with Gasteiger partial charge in [-0.05, 0) is 24.3 Å². The Morgan fingerprint density at radius 1 is 1.07 bits per heavy atom. The average Bonchev–Trinajstić information content (AvgIpc) is 3.44. The molecule has 2 aliphatic heterocycles. The second kappa shape index (κ2) is 8.49. The summed E-state index contributed by atoms with van der Waals surface area (Å²) < 4.78 is 12.0. The van der Waals surface area contributed by atoms with Gasteiger partial charge in [-0.25, -0.2) is 9.78 Å². The summed E-state index contributed by atoms with van der Waals surface area (Å²) in [5.41, 5.74) is 0. The fourth-order valence-corrected chi connectivity index (χ4v) is 4.39. The number of aromatic nitrogens is 2. The molecule has 0 saturated carbocycles. The average molecular weight is 406 g/mol. The van der Waals surface area contributed by atoms with Gasteiger partial charge in [-0.3, -0.25) is 4.99 Å². The maximum atomic E-state index is 11.6.